The van der Waals surface area contributed by atoms with Crippen molar-refractivity contribution >= 4 is 23.3 Å². The van der Waals surface area contributed by atoms with E-state index in [1.165, 1.54) is 13.3 Å². The molecule has 2 N–H and O–H groups in total. The minimum absolute atomic E-state index is 0.176. The summed E-state index contributed by atoms with van der Waals surface area (Å²) in [6.45, 7) is 0.702. The zero-order chi connectivity index (χ0) is 15.1. The second-order valence-corrected chi connectivity index (χ2v) is 5.18. The van der Waals surface area contributed by atoms with Gasteiger partial charge in [0.2, 0.25) is 0 Å². The lowest BCUT2D eigenvalue weighted by atomic mass is 10.2. The van der Waals surface area contributed by atoms with Gasteiger partial charge >= 0.3 is 6.09 Å². The largest absolute Gasteiger partial charge is 0.453 e. The summed E-state index contributed by atoms with van der Waals surface area (Å²) in [5.41, 5.74) is 1.09. The second kappa shape index (κ2) is 7.39. The van der Waals surface area contributed by atoms with Crippen LogP contribution in [0.15, 0.2) is 35.8 Å². The van der Waals surface area contributed by atoms with Crippen LogP contribution in [-0.2, 0) is 17.8 Å². The quantitative estimate of drug-likeness (QED) is 0.884. The fourth-order valence-corrected chi connectivity index (χ4v) is 2.28. The van der Waals surface area contributed by atoms with E-state index in [0.717, 1.165) is 4.88 Å². The Labute approximate surface area is 126 Å². The first kappa shape index (κ1) is 15.0. The van der Waals surface area contributed by atoms with Crippen molar-refractivity contribution in [2.24, 2.45) is 0 Å². The van der Waals surface area contributed by atoms with E-state index in [4.69, 9.17) is 0 Å². The Morgan fingerprint density at radius 1 is 1.29 bits per heavy atom. The van der Waals surface area contributed by atoms with E-state index in [1.807, 2.05) is 17.5 Å². The molecule has 0 radical (unpaired) electrons. The number of carbonyl (C=O) groups excluding carboxylic acids is 2. The molecule has 0 bridgehead atoms. The number of aromatic nitrogens is 1. The number of nitrogens with zero attached hydrogens (tertiary/aromatic N) is 1. The van der Waals surface area contributed by atoms with E-state index in [9.17, 15) is 9.59 Å². The van der Waals surface area contributed by atoms with Gasteiger partial charge in [0.25, 0.3) is 5.91 Å². The lowest BCUT2D eigenvalue weighted by Gasteiger charge is -2.06. The van der Waals surface area contributed by atoms with E-state index in [2.05, 4.69) is 20.4 Å². The summed E-state index contributed by atoms with van der Waals surface area (Å²) >= 11 is 1.59. The summed E-state index contributed by atoms with van der Waals surface area (Å²) in [5.74, 6) is -0.176. The van der Waals surface area contributed by atoms with Crippen molar-refractivity contribution in [1.29, 1.82) is 0 Å². The number of amides is 2. The number of nitrogens with one attached hydrogen (secondary N) is 2. The predicted molar refractivity (Wildman–Crippen MR) is 79.0 cm³/mol. The Morgan fingerprint density at radius 3 is 2.86 bits per heavy atom. The zero-order valence-electron chi connectivity index (χ0n) is 11.5. The Bertz CT molecular complexity index is 614. The number of hydrogen-bond acceptors (Lipinski definition) is 5. The minimum atomic E-state index is -0.538. The molecule has 6 nitrogen and oxygen atoms in total. The maximum Gasteiger partial charge on any atom is 0.407 e. The molecule has 2 aromatic heterocycles. The summed E-state index contributed by atoms with van der Waals surface area (Å²) in [6, 6.07) is 7.17. The Hall–Kier alpha value is -2.41. The topological polar surface area (TPSA) is 80.3 Å². The molecule has 0 saturated carbocycles. The van der Waals surface area contributed by atoms with Gasteiger partial charge in [0.15, 0.2) is 0 Å². The monoisotopic (exact) mass is 305 g/mol. The molecule has 2 amide bonds. The lowest BCUT2D eigenvalue weighted by molar-refractivity contribution is 0.0951. The normalized spacial score (nSPS) is 9.95. The molecule has 0 aliphatic rings. The highest BCUT2D eigenvalue weighted by Crippen LogP contribution is 2.08. The first-order valence-electron chi connectivity index (χ1n) is 6.26. The van der Waals surface area contributed by atoms with Crippen LogP contribution in [0.1, 0.15) is 20.9 Å². The van der Waals surface area contributed by atoms with Crippen LogP contribution >= 0.6 is 11.3 Å². The fraction of sp³-hybridized carbons (Fsp3) is 0.214. The third-order valence-electron chi connectivity index (χ3n) is 2.68. The van der Waals surface area contributed by atoms with Gasteiger partial charge < -0.3 is 15.4 Å². The Morgan fingerprint density at radius 2 is 2.14 bits per heavy atom. The molecular formula is C14H15N3O3S. The van der Waals surface area contributed by atoms with Crippen LogP contribution in [0, 0.1) is 0 Å². The van der Waals surface area contributed by atoms with Crippen molar-refractivity contribution in [3.05, 3.63) is 52.0 Å². The third-order valence-corrected chi connectivity index (χ3v) is 3.56. The van der Waals surface area contributed by atoms with Crippen LogP contribution in [-0.4, -0.2) is 24.1 Å². The lowest BCUT2D eigenvalue weighted by Crippen LogP contribution is -2.24. The summed E-state index contributed by atoms with van der Waals surface area (Å²) in [5, 5.41) is 7.31. The Kier molecular flexibility index (Phi) is 5.28. The molecule has 0 saturated heterocycles. The highest BCUT2D eigenvalue weighted by Gasteiger charge is 2.08. The van der Waals surface area contributed by atoms with Gasteiger partial charge in [-0.05, 0) is 23.6 Å². The van der Waals surface area contributed by atoms with Crippen molar-refractivity contribution in [3.8, 4) is 0 Å². The summed E-state index contributed by atoms with van der Waals surface area (Å²) in [6.07, 6.45) is 0.998. The first-order chi connectivity index (χ1) is 10.2. The maximum atomic E-state index is 12.0. The zero-order valence-corrected chi connectivity index (χ0v) is 12.3. The standard InChI is InChI=1S/C14H15N3O3S/c1-20-14(19)17-8-11-7-10(4-5-15-11)13(18)16-9-12-3-2-6-21-12/h2-7H,8-9H2,1H3,(H,16,18)(H,17,19). The number of pyridine rings is 1. The maximum absolute atomic E-state index is 12.0. The highest BCUT2D eigenvalue weighted by atomic mass is 32.1. The molecule has 2 heterocycles. The number of rotatable bonds is 5. The van der Waals surface area contributed by atoms with Gasteiger partial charge in [-0.25, -0.2) is 4.79 Å². The molecule has 0 spiro atoms. The number of methoxy groups -OCH3 is 1. The van der Waals surface area contributed by atoms with E-state index < -0.39 is 6.09 Å². The molecule has 21 heavy (non-hydrogen) atoms. The molecule has 0 atom stereocenters. The van der Waals surface area contributed by atoms with Crippen molar-refractivity contribution in [2.45, 2.75) is 13.1 Å². The number of ether oxygens (including phenoxy) is 1. The molecule has 0 unspecified atom stereocenters. The van der Waals surface area contributed by atoms with Crippen molar-refractivity contribution < 1.29 is 14.3 Å². The summed E-state index contributed by atoms with van der Waals surface area (Å²) in [4.78, 5) is 28.2. The SMILES string of the molecule is COC(=O)NCc1cc(C(=O)NCc2cccs2)ccn1. The van der Waals surface area contributed by atoms with E-state index in [0.29, 0.717) is 17.8 Å². The molecule has 0 fully saturated rings. The molecule has 0 aliphatic heterocycles. The van der Waals surface area contributed by atoms with Gasteiger partial charge in [-0.2, -0.15) is 0 Å². The number of thiophene rings is 1. The van der Waals surface area contributed by atoms with Crippen molar-refractivity contribution in [1.82, 2.24) is 15.6 Å². The average molecular weight is 305 g/mol. The van der Waals surface area contributed by atoms with Gasteiger partial charge in [0, 0.05) is 16.6 Å². The average Bonchev–Trinajstić information content (AvgIpc) is 3.04. The molecule has 110 valence electrons. The van der Waals surface area contributed by atoms with E-state index in [1.54, 1.807) is 23.5 Å². The van der Waals surface area contributed by atoms with Crippen LogP contribution < -0.4 is 10.6 Å². The smallest absolute Gasteiger partial charge is 0.407 e. The third kappa shape index (κ3) is 4.57. The highest BCUT2D eigenvalue weighted by molar-refractivity contribution is 7.09. The van der Waals surface area contributed by atoms with Crippen LogP contribution in [0.4, 0.5) is 4.79 Å². The first-order valence-corrected chi connectivity index (χ1v) is 7.14. The van der Waals surface area contributed by atoms with Gasteiger partial charge in [-0.1, -0.05) is 6.07 Å². The Balaban J connectivity index is 1.93. The van der Waals surface area contributed by atoms with Crippen LogP contribution in [0.25, 0.3) is 0 Å². The van der Waals surface area contributed by atoms with Crippen LogP contribution in [0.3, 0.4) is 0 Å². The number of hydrogen-bond donors (Lipinski definition) is 2. The van der Waals surface area contributed by atoms with Crippen molar-refractivity contribution in [2.75, 3.05) is 7.11 Å². The van der Waals surface area contributed by atoms with Crippen LogP contribution in [0.5, 0.6) is 0 Å². The van der Waals surface area contributed by atoms with Crippen molar-refractivity contribution in [3.63, 3.8) is 0 Å². The second-order valence-electron chi connectivity index (χ2n) is 4.14. The number of carbonyl (C=O) groups is 2. The van der Waals surface area contributed by atoms with Crippen LogP contribution in [0.2, 0.25) is 0 Å². The fourth-order valence-electron chi connectivity index (χ4n) is 1.63. The molecular weight excluding hydrogens is 290 g/mol. The molecule has 0 aliphatic carbocycles. The van der Waals surface area contributed by atoms with Gasteiger partial charge in [0.05, 0.1) is 25.9 Å². The molecule has 2 rings (SSSR count). The van der Waals surface area contributed by atoms with E-state index >= 15 is 0 Å². The minimum Gasteiger partial charge on any atom is -0.453 e. The van der Waals surface area contributed by atoms with E-state index in [-0.39, 0.29) is 12.5 Å². The summed E-state index contributed by atoms with van der Waals surface area (Å²) < 4.78 is 4.47. The van der Waals surface area contributed by atoms with Gasteiger partial charge in [0.1, 0.15) is 0 Å². The number of alkyl carbamates (subject to hydrolysis) is 1. The molecule has 0 aromatic carbocycles. The van der Waals surface area contributed by atoms with Gasteiger partial charge in [-0.3, -0.25) is 9.78 Å². The van der Waals surface area contributed by atoms with Gasteiger partial charge in [-0.15, -0.1) is 11.3 Å². The molecule has 2 aromatic rings. The molecule has 7 heteroatoms. The summed E-state index contributed by atoms with van der Waals surface area (Å²) in [7, 11) is 1.29. The predicted octanol–water partition coefficient (Wildman–Crippen LogP) is 1.93.